The van der Waals surface area contributed by atoms with Crippen LogP contribution in [-0.4, -0.2) is 31.4 Å². The number of carbonyl (C=O) groups is 1. The second-order valence-electron chi connectivity index (χ2n) is 4.25. The Labute approximate surface area is 112 Å². The van der Waals surface area contributed by atoms with E-state index in [0.29, 0.717) is 12.2 Å². The van der Waals surface area contributed by atoms with E-state index in [4.69, 9.17) is 14.6 Å². The molecule has 0 aliphatic heterocycles. The fourth-order valence-electron chi connectivity index (χ4n) is 2.31. The minimum Gasteiger partial charge on any atom is -0.496 e. The summed E-state index contributed by atoms with van der Waals surface area (Å²) in [5, 5.41) is 8.77. The van der Waals surface area contributed by atoms with Crippen molar-refractivity contribution in [3.05, 3.63) is 53.1 Å². The number of hydrogen-bond acceptors (Lipinski definition) is 3. The molecule has 1 N–H and O–H groups in total. The summed E-state index contributed by atoms with van der Waals surface area (Å²) in [5.74, 6) is -0.317. The van der Waals surface area contributed by atoms with Gasteiger partial charge in [0, 0.05) is 30.7 Å². The number of methoxy groups -OCH3 is 2. The van der Waals surface area contributed by atoms with Gasteiger partial charge in [0.05, 0.1) is 13.2 Å². The summed E-state index contributed by atoms with van der Waals surface area (Å²) in [6, 6.07) is 7.90. The fourth-order valence-corrected chi connectivity index (χ4v) is 2.31. The van der Waals surface area contributed by atoms with Crippen LogP contribution in [0.3, 0.4) is 0 Å². The zero-order valence-electron chi connectivity index (χ0n) is 10.9. The number of ether oxygens (including phenoxy) is 2. The smallest absolute Gasteiger partial charge is 0.328 e. The lowest BCUT2D eigenvalue weighted by atomic mass is 9.88. The Balaban J connectivity index is 2.54. The standard InChI is InChI=1S/C15H16O4/c1-18-13-9-10-5-3-4-6-11(10)15(19-2)12(13)7-8-14(16)17/h3-8,13H,9H2,1-2H3,(H,16,17)/b8-7+. The molecule has 2 rings (SSSR count). The topological polar surface area (TPSA) is 55.8 Å². The van der Waals surface area contributed by atoms with E-state index < -0.39 is 5.97 Å². The van der Waals surface area contributed by atoms with Gasteiger partial charge in [-0.1, -0.05) is 24.3 Å². The van der Waals surface area contributed by atoms with Crippen LogP contribution in [0.25, 0.3) is 5.76 Å². The summed E-state index contributed by atoms with van der Waals surface area (Å²) in [7, 11) is 3.19. The molecular weight excluding hydrogens is 244 g/mol. The zero-order valence-corrected chi connectivity index (χ0v) is 10.9. The molecule has 1 aromatic carbocycles. The second-order valence-corrected chi connectivity index (χ2v) is 4.25. The van der Waals surface area contributed by atoms with Crippen molar-refractivity contribution >= 4 is 11.7 Å². The summed E-state index contributed by atoms with van der Waals surface area (Å²) >= 11 is 0. The Morgan fingerprint density at radius 3 is 2.74 bits per heavy atom. The monoisotopic (exact) mass is 260 g/mol. The Hall–Kier alpha value is -2.07. The zero-order chi connectivity index (χ0) is 13.8. The van der Waals surface area contributed by atoms with Crippen molar-refractivity contribution < 1.29 is 19.4 Å². The Morgan fingerprint density at radius 2 is 2.11 bits per heavy atom. The highest BCUT2D eigenvalue weighted by Crippen LogP contribution is 2.33. The van der Waals surface area contributed by atoms with Crippen LogP contribution in [0.2, 0.25) is 0 Å². The van der Waals surface area contributed by atoms with Crippen LogP contribution in [0.4, 0.5) is 0 Å². The summed E-state index contributed by atoms with van der Waals surface area (Å²) < 4.78 is 10.9. The number of carboxylic acids is 1. The van der Waals surface area contributed by atoms with Crippen LogP contribution in [0.5, 0.6) is 0 Å². The Kier molecular flexibility index (Phi) is 4.02. The van der Waals surface area contributed by atoms with Gasteiger partial charge in [0.2, 0.25) is 0 Å². The molecule has 4 heteroatoms. The molecule has 0 fully saturated rings. The third-order valence-corrected chi connectivity index (χ3v) is 3.17. The van der Waals surface area contributed by atoms with Gasteiger partial charge in [-0.05, 0) is 11.6 Å². The molecule has 1 unspecified atom stereocenters. The predicted octanol–water partition coefficient (Wildman–Crippen LogP) is 2.26. The van der Waals surface area contributed by atoms with Gasteiger partial charge in [-0.3, -0.25) is 0 Å². The Bertz CT molecular complexity index is 543. The second kappa shape index (κ2) is 5.71. The van der Waals surface area contributed by atoms with Crippen molar-refractivity contribution in [1.82, 2.24) is 0 Å². The molecule has 0 bridgehead atoms. The van der Waals surface area contributed by atoms with E-state index in [1.165, 1.54) is 0 Å². The highest BCUT2D eigenvalue weighted by Gasteiger charge is 2.26. The lowest BCUT2D eigenvalue weighted by molar-refractivity contribution is -0.131. The molecule has 0 amide bonds. The average molecular weight is 260 g/mol. The SMILES string of the molecule is COC1=C(/C=C/C(=O)O)C(OC)Cc2ccccc21. The molecule has 0 radical (unpaired) electrons. The molecule has 0 spiro atoms. The van der Waals surface area contributed by atoms with Gasteiger partial charge in [0.1, 0.15) is 5.76 Å². The maximum atomic E-state index is 10.7. The van der Waals surface area contributed by atoms with Crippen LogP contribution < -0.4 is 0 Å². The maximum absolute atomic E-state index is 10.7. The third-order valence-electron chi connectivity index (χ3n) is 3.17. The quantitative estimate of drug-likeness (QED) is 0.844. The first-order chi connectivity index (χ1) is 9.17. The van der Waals surface area contributed by atoms with Gasteiger partial charge in [-0.2, -0.15) is 0 Å². The van der Waals surface area contributed by atoms with Gasteiger partial charge in [-0.15, -0.1) is 0 Å². The number of aliphatic carboxylic acids is 1. The average Bonchev–Trinajstić information content (AvgIpc) is 2.43. The molecule has 1 atom stereocenters. The first kappa shape index (κ1) is 13.4. The summed E-state index contributed by atoms with van der Waals surface area (Å²) in [6.45, 7) is 0. The minimum atomic E-state index is -0.989. The van der Waals surface area contributed by atoms with Gasteiger partial charge < -0.3 is 14.6 Å². The van der Waals surface area contributed by atoms with Gasteiger partial charge in [-0.25, -0.2) is 4.79 Å². The van der Waals surface area contributed by atoms with Crippen LogP contribution in [0.1, 0.15) is 11.1 Å². The van der Waals surface area contributed by atoms with Crippen LogP contribution >= 0.6 is 0 Å². The van der Waals surface area contributed by atoms with E-state index in [1.54, 1.807) is 20.3 Å². The van der Waals surface area contributed by atoms with E-state index in [2.05, 4.69) is 0 Å². The lowest BCUT2D eigenvalue weighted by Crippen LogP contribution is -2.23. The molecule has 0 saturated heterocycles. The van der Waals surface area contributed by atoms with Crippen LogP contribution in [-0.2, 0) is 20.7 Å². The number of carboxylic acid groups (broad SMARTS) is 1. The van der Waals surface area contributed by atoms with Crippen molar-refractivity contribution in [3.8, 4) is 0 Å². The molecule has 1 aliphatic carbocycles. The number of benzene rings is 1. The van der Waals surface area contributed by atoms with Crippen LogP contribution in [0, 0.1) is 0 Å². The fraction of sp³-hybridized carbons (Fsp3) is 0.267. The first-order valence-electron chi connectivity index (χ1n) is 5.97. The number of hydrogen-bond donors (Lipinski definition) is 1. The predicted molar refractivity (Wildman–Crippen MR) is 71.6 cm³/mol. The number of rotatable bonds is 4. The first-order valence-corrected chi connectivity index (χ1v) is 5.97. The molecule has 0 heterocycles. The summed E-state index contributed by atoms with van der Waals surface area (Å²) in [5.41, 5.74) is 2.88. The van der Waals surface area contributed by atoms with Gasteiger partial charge in [0.25, 0.3) is 0 Å². The number of fused-ring (bicyclic) bond motifs is 1. The van der Waals surface area contributed by atoms with E-state index in [-0.39, 0.29) is 6.10 Å². The van der Waals surface area contributed by atoms with Gasteiger partial charge >= 0.3 is 5.97 Å². The third kappa shape index (κ3) is 2.69. The minimum absolute atomic E-state index is 0.194. The van der Waals surface area contributed by atoms with Gasteiger partial charge in [0.15, 0.2) is 0 Å². The molecule has 0 saturated carbocycles. The van der Waals surface area contributed by atoms with Crippen molar-refractivity contribution in [3.63, 3.8) is 0 Å². The van der Waals surface area contributed by atoms with E-state index in [0.717, 1.165) is 22.8 Å². The maximum Gasteiger partial charge on any atom is 0.328 e. The molecule has 19 heavy (non-hydrogen) atoms. The molecule has 1 aromatic rings. The molecular formula is C15H16O4. The molecule has 4 nitrogen and oxygen atoms in total. The Morgan fingerprint density at radius 1 is 1.37 bits per heavy atom. The van der Waals surface area contributed by atoms with Crippen molar-refractivity contribution in [1.29, 1.82) is 0 Å². The van der Waals surface area contributed by atoms with E-state index in [1.807, 2.05) is 24.3 Å². The molecule has 1 aliphatic rings. The van der Waals surface area contributed by atoms with Crippen LogP contribution in [0.15, 0.2) is 42.0 Å². The summed E-state index contributed by atoms with van der Waals surface area (Å²) in [6.07, 6.45) is 3.17. The molecule has 100 valence electrons. The van der Waals surface area contributed by atoms with Crippen molar-refractivity contribution in [2.24, 2.45) is 0 Å². The summed E-state index contributed by atoms with van der Waals surface area (Å²) in [4.78, 5) is 10.7. The normalized spacial score (nSPS) is 18.5. The largest absolute Gasteiger partial charge is 0.496 e. The molecule has 0 aromatic heterocycles. The van der Waals surface area contributed by atoms with E-state index in [9.17, 15) is 4.79 Å². The van der Waals surface area contributed by atoms with Crippen molar-refractivity contribution in [2.75, 3.05) is 14.2 Å². The highest BCUT2D eigenvalue weighted by molar-refractivity contribution is 5.82. The van der Waals surface area contributed by atoms with E-state index >= 15 is 0 Å². The highest BCUT2D eigenvalue weighted by atomic mass is 16.5. The van der Waals surface area contributed by atoms with Crippen molar-refractivity contribution in [2.45, 2.75) is 12.5 Å². The lowest BCUT2D eigenvalue weighted by Gasteiger charge is -2.27.